The largest absolute Gasteiger partial charge is 0.271 e. The van der Waals surface area contributed by atoms with Crippen LogP contribution in [0.5, 0.6) is 0 Å². The summed E-state index contributed by atoms with van der Waals surface area (Å²) in [5.74, 6) is 6.85. The molecule has 13 heavy (non-hydrogen) atoms. The Hall–Kier alpha value is 0.0100. The molecule has 3 heteroatoms. The van der Waals surface area contributed by atoms with E-state index >= 15 is 0 Å². The molecule has 1 fully saturated rings. The highest BCUT2D eigenvalue weighted by molar-refractivity contribution is 8.00. The Bertz CT molecular complexity index is 164. The second-order valence-corrected chi connectivity index (χ2v) is 5.17. The maximum atomic E-state index is 5.55. The van der Waals surface area contributed by atoms with Gasteiger partial charge in [-0.25, -0.2) is 0 Å². The lowest BCUT2D eigenvalue weighted by Gasteiger charge is -2.21. The summed E-state index contributed by atoms with van der Waals surface area (Å²) in [6.45, 7) is 5.99. The number of rotatable bonds is 5. The molecule has 1 aliphatic heterocycles. The molecule has 0 radical (unpaired) electrons. The number of hydrazine groups is 1. The number of nitrogens with one attached hydrogen (secondary N) is 1. The van der Waals surface area contributed by atoms with Gasteiger partial charge in [-0.05, 0) is 38.4 Å². The van der Waals surface area contributed by atoms with Gasteiger partial charge < -0.3 is 0 Å². The summed E-state index contributed by atoms with van der Waals surface area (Å²) in [6, 6.07) is 0.476. The van der Waals surface area contributed by atoms with Crippen LogP contribution in [0, 0.1) is 0 Å². The average Bonchev–Trinajstić information content (AvgIpc) is 2.58. The van der Waals surface area contributed by atoms with Crippen molar-refractivity contribution in [3.05, 3.63) is 12.2 Å². The highest BCUT2D eigenvalue weighted by atomic mass is 32.2. The first-order valence-electron chi connectivity index (χ1n) is 4.96. The Morgan fingerprint density at radius 2 is 2.54 bits per heavy atom. The Kier molecular flexibility index (Phi) is 4.84. The van der Waals surface area contributed by atoms with E-state index < -0.39 is 0 Å². The zero-order valence-corrected chi connectivity index (χ0v) is 9.20. The summed E-state index contributed by atoms with van der Waals surface area (Å²) in [5.41, 5.74) is 4.19. The van der Waals surface area contributed by atoms with Crippen LogP contribution in [0.2, 0.25) is 0 Å². The Morgan fingerprint density at radius 1 is 1.77 bits per heavy atom. The molecule has 1 rings (SSSR count). The molecule has 0 aromatic carbocycles. The first kappa shape index (κ1) is 11.1. The number of nitrogens with two attached hydrogens (primary N) is 1. The minimum atomic E-state index is 0.476. The van der Waals surface area contributed by atoms with Gasteiger partial charge in [-0.15, -0.1) is 6.58 Å². The van der Waals surface area contributed by atoms with E-state index in [1.54, 1.807) is 0 Å². The average molecular weight is 200 g/mol. The number of thioether (sulfide) groups is 1. The third-order valence-corrected chi connectivity index (χ3v) is 4.03. The molecule has 1 heterocycles. The highest BCUT2D eigenvalue weighted by Crippen LogP contribution is 2.30. The second-order valence-electron chi connectivity index (χ2n) is 3.82. The zero-order valence-electron chi connectivity index (χ0n) is 8.38. The molecule has 1 aliphatic rings. The summed E-state index contributed by atoms with van der Waals surface area (Å²) in [7, 11) is 0. The van der Waals surface area contributed by atoms with Gasteiger partial charge in [0.1, 0.15) is 0 Å². The minimum Gasteiger partial charge on any atom is -0.271 e. The molecule has 0 bridgehead atoms. The van der Waals surface area contributed by atoms with E-state index in [9.17, 15) is 0 Å². The number of hydrogen-bond acceptors (Lipinski definition) is 3. The fourth-order valence-electron chi connectivity index (χ4n) is 1.70. The van der Waals surface area contributed by atoms with E-state index in [1.165, 1.54) is 24.2 Å². The third kappa shape index (κ3) is 3.71. The molecule has 0 aromatic heterocycles. The fourth-order valence-corrected chi connectivity index (χ4v) is 3.11. The molecule has 1 saturated heterocycles. The van der Waals surface area contributed by atoms with Crippen molar-refractivity contribution in [1.82, 2.24) is 5.43 Å². The van der Waals surface area contributed by atoms with E-state index in [0.717, 1.165) is 18.1 Å². The Balaban J connectivity index is 2.28. The van der Waals surface area contributed by atoms with E-state index in [1.807, 2.05) is 0 Å². The molecule has 0 amide bonds. The Morgan fingerprint density at radius 3 is 3.00 bits per heavy atom. The standard InChI is InChI=1S/C10H20N2S/c1-8(2)5-6-9(12-11)10-4-3-7-13-10/h9-10,12H,1,3-7,11H2,2H3. The molecule has 0 spiro atoms. The summed E-state index contributed by atoms with van der Waals surface area (Å²) in [6.07, 6.45) is 4.88. The SMILES string of the molecule is C=C(C)CCC(NN)C1CCCS1. The smallest absolute Gasteiger partial charge is 0.0332 e. The lowest BCUT2D eigenvalue weighted by Crippen LogP contribution is -2.41. The zero-order chi connectivity index (χ0) is 9.68. The molecule has 76 valence electrons. The molecule has 2 atom stereocenters. The molecule has 0 aliphatic carbocycles. The van der Waals surface area contributed by atoms with Crippen LogP contribution < -0.4 is 11.3 Å². The van der Waals surface area contributed by atoms with Crippen LogP contribution in [0.3, 0.4) is 0 Å². The van der Waals surface area contributed by atoms with Crippen LogP contribution in [-0.4, -0.2) is 17.0 Å². The summed E-state index contributed by atoms with van der Waals surface area (Å²) in [5, 5.41) is 0.726. The van der Waals surface area contributed by atoms with Crippen molar-refractivity contribution in [2.24, 2.45) is 5.84 Å². The molecule has 0 saturated carbocycles. The van der Waals surface area contributed by atoms with Crippen molar-refractivity contribution < 1.29 is 0 Å². The van der Waals surface area contributed by atoms with Crippen molar-refractivity contribution in [3.8, 4) is 0 Å². The number of hydrogen-bond donors (Lipinski definition) is 2. The summed E-state index contributed by atoms with van der Waals surface area (Å²) in [4.78, 5) is 0. The van der Waals surface area contributed by atoms with Crippen LogP contribution in [0.25, 0.3) is 0 Å². The van der Waals surface area contributed by atoms with Gasteiger partial charge in [0, 0.05) is 11.3 Å². The van der Waals surface area contributed by atoms with Crippen LogP contribution in [0.4, 0.5) is 0 Å². The minimum absolute atomic E-state index is 0.476. The summed E-state index contributed by atoms with van der Waals surface area (Å²) >= 11 is 2.05. The van der Waals surface area contributed by atoms with Gasteiger partial charge in [0.2, 0.25) is 0 Å². The summed E-state index contributed by atoms with van der Waals surface area (Å²) < 4.78 is 0. The Labute approximate surface area is 85.3 Å². The predicted molar refractivity (Wildman–Crippen MR) is 60.6 cm³/mol. The van der Waals surface area contributed by atoms with Gasteiger partial charge in [-0.2, -0.15) is 11.8 Å². The fraction of sp³-hybridized carbons (Fsp3) is 0.800. The van der Waals surface area contributed by atoms with E-state index in [2.05, 4.69) is 30.7 Å². The van der Waals surface area contributed by atoms with Gasteiger partial charge in [0.05, 0.1) is 0 Å². The quantitative estimate of drug-likeness (QED) is 0.405. The monoisotopic (exact) mass is 200 g/mol. The molecular formula is C10H20N2S. The highest BCUT2D eigenvalue weighted by Gasteiger charge is 2.24. The van der Waals surface area contributed by atoms with Crippen LogP contribution in [0.15, 0.2) is 12.2 Å². The topological polar surface area (TPSA) is 38.0 Å². The third-order valence-electron chi connectivity index (χ3n) is 2.51. The maximum Gasteiger partial charge on any atom is 0.0332 e. The van der Waals surface area contributed by atoms with Crippen molar-refractivity contribution in [1.29, 1.82) is 0 Å². The van der Waals surface area contributed by atoms with E-state index in [-0.39, 0.29) is 0 Å². The lowest BCUT2D eigenvalue weighted by atomic mass is 10.0. The molecule has 3 N–H and O–H groups in total. The van der Waals surface area contributed by atoms with Gasteiger partial charge in [0.15, 0.2) is 0 Å². The van der Waals surface area contributed by atoms with Crippen molar-refractivity contribution in [3.63, 3.8) is 0 Å². The van der Waals surface area contributed by atoms with E-state index in [0.29, 0.717) is 6.04 Å². The number of allylic oxidation sites excluding steroid dienone is 1. The molecule has 0 aromatic rings. The van der Waals surface area contributed by atoms with Crippen molar-refractivity contribution >= 4 is 11.8 Å². The van der Waals surface area contributed by atoms with Gasteiger partial charge in [0.25, 0.3) is 0 Å². The first-order valence-corrected chi connectivity index (χ1v) is 6.01. The second kappa shape index (κ2) is 5.68. The molecule has 2 nitrogen and oxygen atoms in total. The normalized spacial score (nSPS) is 24.6. The van der Waals surface area contributed by atoms with Crippen LogP contribution in [0.1, 0.15) is 32.6 Å². The van der Waals surface area contributed by atoms with Gasteiger partial charge in [-0.3, -0.25) is 11.3 Å². The predicted octanol–water partition coefficient (Wildman–Crippen LogP) is 2.07. The van der Waals surface area contributed by atoms with Crippen LogP contribution in [-0.2, 0) is 0 Å². The van der Waals surface area contributed by atoms with Crippen molar-refractivity contribution in [2.75, 3.05) is 5.75 Å². The first-order chi connectivity index (χ1) is 6.24. The van der Waals surface area contributed by atoms with Crippen LogP contribution >= 0.6 is 11.8 Å². The van der Waals surface area contributed by atoms with Crippen molar-refractivity contribution in [2.45, 2.75) is 43.9 Å². The lowest BCUT2D eigenvalue weighted by molar-refractivity contribution is 0.468. The van der Waals surface area contributed by atoms with Gasteiger partial charge in [-0.1, -0.05) is 5.57 Å². The van der Waals surface area contributed by atoms with E-state index in [4.69, 9.17) is 5.84 Å². The maximum absolute atomic E-state index is 5.55. The molecular weight excluding hydrogens is 180 g/mol. The van der Waals surface area contributed by atoms with Gasteiger partial charge >= 0.3 is 0 Å². The molecule has 2 unspecified atom stereocenters.